The Hall–Kier alpha value is -1.13. The molecule has 110 valence electrons. The van der Waals surface area contributed by atoms with Crippen LogP contribution < -0.4 is 10.1 Å². The number of hydrogen-bond acceptors (Lipinski definition) is 4. The van der Waals surface area contributed by atoms with Crippen molar-refractivity contribution in [2.45, 2.75) is 50.7 Å². The molecule has 0 bridgehead atoms. The minimum absolute atomic E-state index is 0.690. The molecular formula is C16H25N3O. The van der Waals surface area contributed by atoms with Crippen LogP contribution in [0.2, 0.25) is 0 Å². The second-order valence-electron chi connectivity index (χ2n) is 6.07. The molecule has 1 unspecified atom stereocenters. The van der Waals surface area contributed by atoms with Gasteiger partial charge in [-0.2, -0.15) is 0 Å². The van der Waals surface area contributed by atoms with Gasteiger partial charge in [0, 0.05) is 30.9 Å². The van der Waals surface area contributed by atoms with Gasteiger partial charge >= 0.3 is 0 Å². The van der Waals surface area contributed by atoms with Gasteiger partial charge in [0.2, 0.25) is 5.88 Å². The molecule has 4 nitrogen and oxygen atoms in total. The molecule has 0 radical (unpaired) electrons. The average molecular weight is 275 g/mol. The first-order valence-corrected chi connectivity index (χ1v) is 7.82. The number of likely N-dealkylation sites (tertiary alicyclic amines) is 1. The lowest BCUT2D eigenvalue weighted by Crippen LogP contribution is -2.26. The summed E-state index contributed by atoms with van der Waals surface area (Å²) < 4.78 is 5.81. The smallest absolute Gasteiger partial charge is 0.213 e. The Labute approximate surface area is 121 Å². The summed E-state index contributed by atoms with van der Waals surface area (Å²) in [6, 6.07) is 5.56. The third-order valence-electron chi connectivity index (χ3n) is 4.34. The Kier molecular flexibility index (Phi) is 4.53. The minimum atomic E-state index is 0.690. The quantitative estimate of drug-likeness (QED) is 0.828. The van der Waals surface area contributed by atoms with Crippen LogP contribution in [0.25, 0.3) is 0 Å². The fourth-order valence-corrected chi connectivity index (χ4v) is 2.83. The van der Waals surface area contributed by atoms with Gasteiger partial charge in [-0.1, -0.05) is 0 Å². The predicted octanol–water partition coefficient (Wildman–Crippen LogP) is 2.20. The van der Waals surface area contributed by atoms with Crippen LogP contribution in [0.5, 0.6) is 5.88 Å². The molecule has 1 N–H and O–H groups in total. The molecule has 0 spiro atoms. The lowest BCUT2D eigenvalue weighted by atomic mass is 10.1. The maximum Gasteiger partial charge on any atom is 0.213 e. The first kappa shape index (κ1) is 13.8. The molecule has 1 saturated heterocycles. The van der Waals surface area contributed by atoms with Gasteiger partial charge in [0.15, 0.2) is 0 Å². The van der Waals surface area contributed by atoms with Gasteiger partial charge in [0.05, 0.1) is 6.61 Å². The monoisotopic (exact) mass is 275 g/mol. The maximum absolute atomic E-state index is 5.81. The van der Waals surface area contributed by atoms with Gasteiger partial charge in [-0.25, -0.2) is 4.98 Å². The van der Waals surface area contributed by atoms with Crippen molar-refractivity contribution in [1.82, 2.24) is 15.2 Å². The number of ether oxygens (including phenoxy) is 1. The fraction of sp³-hybridized carbons (Fsp3) is 0.688. The van der Waals surface area contributed by atoms with E-state index in [1.54, 1.807) is 0 Å². The fourth-order valence-electron chi connectivity index (χ4n) is 2.83. The molecule has 1 saturated carbocycles. The predicted molar refractivity (Wildman–Crippen MR) is 79.9 cm³/mol. The van der Waals surface area contributed by atoms with E-state index in [4.69, 9.17) is 4.74 Å². The summed E-state index contributed by atoms with van der Waals surface area (Å²) in [5.41, 5.74) is 1.26. The van der Waals surface area contributed by atoms with E-state index in [9.17, 15) is 0 Å². The van der Waals surface area contributed by atoms with Gasteiger partial charge in [0.25, 0.3) is 0 Å². The number of nitrogens with zero attached hydrogens (tertiary/aromatic N) is 2. The van der Waals surface area contributed by atoms with Crippen molar-refractivity contribution >= 4 is 0 Å². The standard InChI is InChI=1S/C16H25N3O/c1-19-9-2-3-15(19)7-10-20-16-11-13(6-8-17-16)12-18-14-4-5-14/h6,8,11,14-15,18H,2-5,7,9-10,12H2,1H3. The Morgan fingerprint density at radius 2 is 2.30 bits per heavy atom. The highest BCUT2D eigenvalue weighted by molar-refractivity contribution is 5.20. The van der Waals surface area contributed by atoms with Gasteiger partial charge in [-0.05, 0) is 57.3 Å². The highest BCUT2D eigenvalue weighted by atomic mass is 16.5. The van der Waals surface area contributed by atoms with Crippen molar-refractivity contribution in [2.24, 2.45) is 0 Å². The lowest BCUT2D eigenvalue weighted by Gasteiger charge is -2.19. The van der Waals surface area contributed by atoms with Crippen LogP contribution in [0.3, 0.4) is 0 Å². The highest BCUT2D eigenvalue weighted by Crippen LogP contribution is 2.20. The molecule has 2 fully saturated rings. The van der Waals surface area contributed by atoms with Crippen LogP contribution in [0.4, 0.5) is 0 Å². The van der Waals surface area contributed by atoms with Crippen molar-refractivity contribution < 1.29 is 4.74 Å². The summed E-state index contributed by atoms with van der Waals surface area (Å²) >= 11 is 0. The molecule has 1 aromatic rings. The summed E-state index contributed by atoms with van der Waals surface area (Å²) in [6.07, 6.45) is 8.22. The van der Waals surface area contributed by atoms with Crippen molar-refractivity contribution in [1.29, 1.82) is 0 Å². The number of aromatic nitrogens is 1. The zero-order chi connectivity index (χ0) is 13.8. The Balaban J connectivity index is 1.43. The Morgan fingerprint density at radius 3 is 3.05 bits per heavy atom. The normalized spacial score (nSPS) is 23.1. The molecule has 1 aliphatic carbocycles. The topological polar surface area (TPSA) is 37.4 Å². The largest absolute Gasteiger partial charge is 0.478 e. The van der Waals surface area contributed by atoms with Crippen LogP contribution in [-0.2, 0) is 6.54 Å². The summed E-state index contributed by atoms with van der Waals surface area (Å²) in [5, 5.41) is 3.52. The third-order valence-corrected chi connectivity index (χ3v) is 4.34. The Bertz CT molecular complexity index is 433. The summed E-state index contributed by atoms with van der Waals surface area (Å²) in [7, 11) is 2.21. The molecule has 1 atom stereocenters. The molecule has 0 amide bonds. The summed E-state index contributed by atoms with van der Waals surface area (Å²) in [4.78, 5) is 6.74. The lowest BCUT2D eigenvalue weighted by molar-refractivity contribution is 0.228. The molecule has 3 rings (SSSR count). The number of nitrogens with one attached hydrogen (secondary N) is 1. The number of hydrogen-bond donors (Lipinski definition) is 1. The zero-order valence-corrected chi connectivity index (χ0v) is 12.3. The second-order valence-corrected chi connectivity index (χ2v) is 6.07. The molecule has 0 aromatic carbocycles. The van der Waals surface area contributed by atoms with Gasteiger partial charge in [-0.15, -0.1) is 0 Å². The third kappa shape index (κ3) is 3.93. The van der Waals surface area contributed by atoms with Crippen molar-refractivity contribution in [2.75, 3.05) is 20.2 Å². The molecule has 1 aromatic heterocycles. The highest BCUT2D eigenvalue weighted by Gasteiger charge is 2.21. The number of rotatable bonds is 7. The summed E-state index contributed by atoms with van der Waals surface area (Å²) in [5.74, 6) is 0.765. The molecule has 20 heavy (non-hydrogen) atoms. The SMILES string of the molecule is CN1CCCC1CCOc1cc(CNC2CC2)ccn1. The van der Waals surface area contributed by atoms with Crippen LogP contribution in [0, 0.1) is 0 Å². The minimum Gasteiger partial charge on any atom is -0.478 e. The molecule has 2 heterocycles. The van der Waals surface area contributed by atoms with Crippen molar-refractivity contribution in [3.05, 3.63) is 23.9 Å². The molecule has 4 heteroatoms. The van der Waals surface area contributed by atoms with Crippen LogP contribution in [0.1, 0.15) is 37.7 Å². The van der Waals surface area contributed by atoms with Crippen molar-refractivity contribution in [3.63, 3.8) is 0 Å². The zero-order valence-electron chi connectivity index (χ0n) is 12.3. The van der Waals surface area contributed by atoms with Crippen LogP contribution >= 0.6 is 0 Å². The molecular weight excluding hydrogens is 250 g/mol. The van der Waals surface area contributed by atoms with Gasteiger partial charge < -0.3 is 15.0 Å². The maximum atomic E-state index is 5.81. The van der Waals surface area contributed by atoms with Crippen LogP contribution in [0.15, 0.2) is 18.3 Å². The van der Waals surface area contributed by atoms with Gasteiger partial charge in [0.1, 0.15) is 0 Å². The molecule has 1 aliphatic heterocycles. The first-order valence-electron chi connectivity index (χ1n) is 7.82. The van der Waals surface area contributed by atoms with E-state index in [0.717, 1.165) is 31.5 Å². The van der Waals surface area contributed by atoms with E-state index >= 15 is 0 Å². The van der Waals surface area contributed by atoms with E-state index < -0.39 is 0 Å². The van der Waals surface area contributed by atoms with E-state index in [2.05, 4.69) is 34.4 Å². The van der Waals surface area contributed by atoms with E-state index in [0.29, 0.717) is 6.04 Å². The van der Waals surface area contributed by atoms with E-state index in [1.807, 2.05) is 6.20 Å². The first-order chi connectivity index (χ1) is 9.81. The van der Waals surface area contributed by atoms with E-state index in [-0.39, 0.29) is 0 Å². The molecule has 2 aliphatic rings. The summed E-state index contributed by atoms with van der Waals surface area (Å²) in [6.45, 7) is 2.92. The number of pyridine rings is 1. The average Bonchev–Trinajstić information content (AvgIpc) is 3.20. The van der Waals surface area contributed by atoms with Crippen LogP contribution in [-0.4, -0.2) is 42.2 Å². The second kappa shape index (κ2) is 6.55. The van der Waals surface area contributed by atoms with E-state index in [1.165, 1.54) is 37.8 Å². The van der Waals surface area contributed by atoms with Crippen molar-refractivity contribution in [3.8, 4) is 5.88 Å². The Morgan fingerprint density at radius 1 is 1.40 bits per heavy atom. The van der Waals surface area contributed by atoms with Gasteiger partial charge in [-0.3, -0.25) is 0 Å².